The number of unbranched alkanes of at least 4 members (excludes halogenated alkanes) is 1. The normalized spacial score (nSPS) is 25.8. The molecule has 1 N–H and O–H groups in total. The second kappa shape index (κ2) is 8.70. The number of carbonyl (C=O) groups excluding carboxylic acids is 1. The summed E-state index contributed by atoms with van der Waals surface area (Å²) in [6, 6.07) is 0. The van der Waals surface area contributed by atoms with Crippen LogP contribution in [0.5, 0.6) is 0 Å². The first-order chi connectivity index (χ1) is 9.04. The van der Waals surface area contributed by atoms with Crippen LogP contribution in [0.1, 0.15) is 59.3 Å². The summed E-state index contributed by atoms with van der Waals surface area (Å²) < 4.78 is 5.43. The summed E-state index contributed by atoms with van der Waals surface area (Å²) in [6.45, 7) is 7.65. The molecule has 0 radical (unpaired) electrons. The van der Waals surface area contributed by atoms with Crippen LogP contribution in [0.25, 0.3) is 0 Å². The third-order valence-corrected chi connectivity index (χ3v) is 4.26. The molecular weight excluding hydrogens is 240 g/mol. The van der Waals surface area contributed by atoms with Crippen molar-refractivity contribution >= 4 is 5.78 Å². The van der Waals surface area contributed by atoms with Gasteiger partial charge in [0.05, 0.1) is 12.7 Å². The maximum Gasteiger partial charge on any atom is 0.136 e. The average Bonchev–Trinajstić information content (AvgIpc) is 2.37. The van der Waals surface area contributed by atoms with Crippen LogP contribution in [0.2, 0.25) is 0 Å². The lowest BCUT2D eigenvalue weighted by atomic mass is 9.74. The fraction of sp³-hybridized carbons (Fsp3) is 0.938. The zero-order valence-electron chi connectivity index (χ0n) is 12.7. The van der Waals surface area contributed by atoms with Crippen LogP contribution >= 0.6 is 0 Å². The zero-order chi connectivity index (χ0) is 14.3. The van der Waals surface area contributed by atoms with Gasteiger partial charge >= 0.3 is 0 Å². The van der Waals surface area contributed by atoms with E-state index < -0.39 is 6.10 Å². The molecular formula is C16H30O3. The van der Waals surface area contributed by atoms with Crippen LogP contribution in [0.3, 0.4) is 0 Å². The smallest absolute Gasteiger partial charge is 0.136 e. The standard InChI is InChI=1S/C16H30O3/c1-4-5-8-19-11-15(17)10-14-9-13(12(2)3)6-7-16(14)18/h12-15,17H,4-11H2,1-3H3. The molecule has 3 heteroatoms. The SMILES string of the molecule is CCCCOCC(O)CC1CC(C(C)C)CCC1=O. The number of aliphatic hydroxyl groups excluding tert-OH is 1. The molecule has 1 aliphatic carbocycles. The molecule has 1 saturated carbocycles. The molecule has 0 aliphatic heterocycles. The number of aliphatic hydroxyl groups is 1. The molecule has 0 spiro atoms. The molecule has 3 unspecified atom stereocenters. The number of Topliss-reactive ketones (excluding diaryl/α,β-unsaturated/α-hetero) is 1. The molecule has 0 aromatic heterocycles. The fourth-order valence-corrected chi connectivity index (χ4v) is 2.84. The van der Waals surface area contributed by atoms with Gasteiger partial charge in [0, 0.05) is 18.9 Å². The Bertz CT molecular complexity index is 263. The number of rotatable bonds is 8. The summed E-state index contributed by atoms with van der Waals surface area (Å²) in [4.78, 5) is 11.9. The monoisotopic (exact) mass is 270 g/mol. The van der Waals surface area contributed by atoms with Crippen molar-refractivity contribution in [1.29, 1.82) is 0 Å². The van der Waals surface area contributed by atoms with Crippen LogP contribution < -0.4 is 0 Å². The Hall–Kier alpha value is -0.410. The molecule has 3 nitrogen and oxygen atoms in total. The highest BCUT2D eigenvalue weighted by molar-refractivity contribution is 5.81. The molecule has 0 amide bonds. The van der Waals surface area contributed by atoms with Crippen molar-refractivity contribution in [2.45, 2.75) is 65.4 Å². The van der Waals surface area contributed by atoms with E-state index in [0.717, 1.165) is 25.7 Å². The summed E-state index contributed by atoms with van der Waals surface area (Å²) in [7, 11) is 0. The zero-order valence-corrected chi connectivity index (χ0v) is 12.7. The summed E-state index contributed by atoms with van der Waals surface area (Å²) in [5, 5.41) is 9.97. The molecule has 19 heavy (non-hydrogen) atoms. The minimum Gasteiger partial charge on any atom is -0.391 e. The Labute approximate surface area is 117 Å². The number of ketones is 1. The first-order valence-electron chi connectivity index (χ1n) is 7.83. The molecule has 1 aliphatic rings. The lowest BCUT2D eigenvalue weighted by molar-refractivity contribution is -0.127. The predicted octanol–water partition coefficient (Wildman–Crippen LogP) is 3.20. The van der Waals surface area contributed by atoms with E-state index in [0.29, 0.717) is 43.7 Å². The molecule has 0 aromatic carbocycles. The van der Waals surface area contributed by atoms with Crippen molar-refractivity contribution < 1.29 is 14.6 Å². The second-order valence-corrected chi connectivity index (χ2v) is 6.26. The Morgan fingerprint density at radius 2 is 2.16 bits per heavy atom. The summed E-state index contributed by atoms with van der Waals surface area (Å²) in [5.41, 5.74) is 0. The van der Waals surface area contributed by atoms with Gasteiger partial charge in [-0.25, -0.2) is 0 Å². The van der Waals surface area contributed by atoms with Crippen molar-refractivity contribution in [3.05, 3.63) is 0 Å². The molecule has 112 valence electrons. The first-order valence-corrected chi connectivity index (χ1v) is 7.83. The molecule has 0 aromatic rings. The Kier molecular flexibility index (Phi) is 7.62. The average molecular weight is 270 g/mol. The van der Waals surface area contributed by atoms with E-state index in [-0.39, 0.29) is 5.92 Å². The largest absolute Gasteiger partial charge is 0.391 e. The van der Waals surface area contributed by atoms with Crippen molar-refractivity contribution in [3.63, 3.8) is 0 Å². The van der Waals surface area contributed by atoms with Gasteiger partial charge in [-0.05, 0) is 37.5 Å². The van der Waals surface area contributed by atoms with Crippen molar-refractivity contribution in [2.75, 3.05) is 13.2 Å². The van der Waals surface area contributed by atoms with E-state index in [1.807, 2.05) is 0 Å². The lowest BCUT2D eigenvalue weighted by Crippen LogP contribution is -2.31. The van der Waals surface area contributed by atoms with E-state index in [1.54, 1.807) is 0 Å². The highest BCUT2D eigenvalue weighted by atomic mass is 16.5. The van der Waals surface area contributed by atoms with Crippen molar-refractivity contribution in [2.24, 2.45) is 17.8 Å². The molecule has 1 fully saturated rings. The van der Waals surface area contributed by atoms with Crippen LogP contribution in [-0.2, 0) is 9.53 Å². The van der Waals surface area contributed by atoms with Gasteiger partial charge in [0.1, 0.15) is 5.78 Å². The van der Waals surface area contributed by atoms with Gasteiger partial charge in [-0.1, -0.05) is 27.2 Å². The van der Waals surface area contributed by atoms with E-state index in [4.69, 9.17) is 4.74 Å². The van der Waals surface area contributed by atoms with Crippen LogP contribution in [0.15, 0.2) is 0 Å². The minimum atomic E-state index is -0.489. The highest BCUT2D eigenvalue weighted by Gasteiger charge is 2.31. The van der Waals surface area contributed by atoms with Crippen LogP contribution in [-0.4, -0.2) is 30.2 Å². The number of hydrogen-bond acceptors (Lipinski definition) is 3. The van der Waals surface area contributed by atoms with E-state index in [1.165, 1.54) is 0 Å². The summed E-state index contributed by atoms with van der Waals surface area (Å²) in [6.07, 6.45) is 4.89. The highest BCUT2D eigenvalue weighted by Crippen LogP contribution is 2.33. The van der Waals surface area contributed by atoms with Gasteiger partial charge < -0.3 is 9.84 Å². The second-order valence-electron chi connectivity index (χ2n) is 6.26. The number of carbonyl (C=O) groups is 1. The quantitative estimate of drug-likeness (QED) is 0.689. The predicted molar refractivity (Wildman–Crippen MR) is 77.0 cm³/mol. The third kappa shape index (κ3) is 6.05. The Morgan fingerprint density at radius 1 is 1.42 bits per heavy atom. The van der Waals surface area contributed by atoms with Crippen LogP contribution in [0.4, 0.5) is 0 Å². The molecule has 0 saturated heterocycles. The Morgan fingerprint density at radius 3 is 2.79 bits per heavy atom. The van der Waals surface area contributed by atoms with E-state index >= 15 is 0 Å². The van der Waals surface area contributed by atoms with Gasteiger partial charge in [0.2, 0.25) is 0 Å². The van der Waals surface area contributed by atoms with Gasteiger partial charge in [-0.3, -0.25) is 4.79 Å². The molecule has 0 heterocycles. The first kappa shape index (κ1) is 16.6. The maximum absolute atomic E-state index is 11.9. The lowest BCUT2D eigenvalue weighted by Gasteiger charge is -2.31. The summed E-state index contributed by atoms with van der Waals surface area (Å²) in [5.74, 6) is 1.65. The number of ether oxygens (including phenoxy) is 1. The van der Waals surface area contributed by atoms with Gasteiger partial charge in [-0.15, -0.1) is 0 Å². The summed E-state index contributed by atoms with van der Waals surface area (Å²) >= 11 is 0. The van der Waals surface area contributed by atoms with Crippen molar-refractivity contribution in [1.82, 2.24) is 0 Å². The van der Waals surface area contributed by atoms with Crippen molar-refractivity contribution in [3.8, 4) is 0 Å². The molecule has 0 bridgehead atoms. The molecule has 3 atom stereocenters. The third-order valence-electron chi connectivity index (χ3n) is 4.26. The number of hydrogen-bond donors (Lipinski definition) is 1. The van der Waals surface area contributed by atoms with Gasteiger partial charge in [0.15, 0.2) is 0 Å². The van der Waals surface area contributed by atoms with Crippen LogP contribution in [0, 0.1) is 17.8 Å². The van der Waals surface area contributed by atoms with E-state index in [2.05, 4.69) is 20.8 Å². The minimum absolute atomic E-state index is 0.0472. The fourth-order valence-electron chi connectivity index (χ4n) is 2.84. The maximum atomic E-state index is 11.9. The van der Waals surface area contributed by atoms with E-state index in [9.17, 15) is 9.90 Å². The van der Waals surface area contributed by atoms with Gasteiger partial charge in [0.25, 0.3) is 0 Å². The van der Waals surface area contributed by atoms with Gasteiger partial charge in [-0.2, -0.15) is 0 Å². The Balaban J connectivity index is 2.30. The topological polar surface area (TPSA) is 46.5 Å². The molecule has 1 rings (SSSR count).